The third-order valence-electron chi connectivity index (χ3n) is 2.29. The van der Waals surface area contributed by atoms with Gasteiger partial charge in [-0.25, -0.2) is 0 Å². The van der Waals surface area contributed by atoms with E-state index in [9.17, 15) is 4.79 Å². The number of hydrogen-bond donors (Lipinski definition) is 0. The number of aromatic nitrogens is 1. The zero-order chi connectivity index (χ0) is 9.26. The predicted octanol–water partition coefficient (Wildman–Crippen LogP) is 1.13. The first-order valence-corrected chi connectivity index (χ1v) is 4.41. The number of nitriles is 1. The molecular formula is C10H10N2O. The molecule has 3 heteroatoms. The molecule has 0 radical (unpaired) electrons. The Morgan fingerprint density at radius 2 is 2.38 bits per heavy atom. The molecule has 1 fully saturated rings. The van der Waals surface area contributed by atoms with E-state index in [0.717, 1.165) is 6.54 Å². The fraction of sp³-hybridized carbons (Fsp3) is 0.400. The van der Waals surface area contributed by atoms with Crippen LogP contribution in [0.5, 0.6) is 0 Å². The zero-order valence-electron chi connectivity index (χ0n) is 7.23. The quantitative estimate of drug-likeness (QED) is 0.674. The Bertz CT molecular complexity index is 410. The summed E-state index contributed by atoms with van der Waals surface area (Å²) in [6, 6.07) is 5.21. The maximum absolute atomic E-state index is 11.5. The van der Waals surface area contributed by atoms with Gasteiger partial charge in [0, 0.05) is 12.7 Å². The van der Waals surface area contributed by atoms with E-state index in [1.165, 1.54) is 12.8 Å². The molecule has 0 saturated heterocycles. The highest BCUT2D eigenvalue weighted by atomic mass is 16.1. The summed E-state index contributed by atoms with van der Waals surface area (Å²) in [5, 5.41) is 8.63. The van der Waals surface area contributed by atoms with Gasteiger partial charge in [0.25, 0.3) is 5.56 Å². The van der Waals surface area contributed by atoms with Crippen molar-refractivity contribution in [2.45, 2.75) is 19.4 Å². The van der Waals surface area contributed by atoms with E-state index < -0.39 is 0 Å². The molecule has 0 unspecified atom stereocenters. The van der Waals surface area contributed by atoms with Crippen LogP contribution in [0.4, 0.5) is 0 Å². The molecule has 0 aliphatic heterocycles. The van der Waals surface area contributed by atoms with Gasteiger partial charge in [0.1, 0.15) is 11.6 Å². The van der Waals surface area contributed by atoms with E-state index >= 15 is 0 Å². The van der Waals surface area contributed by atoms with Crippen molar-refractivity contribution in [3.8, 4) is 6.07 Å². The number of pyridine rings is 1. The molecule has 1 aliphatic rings. The topological polar surface area (TPSA) is 45.8 Å². The Labute approximate surface area is 76.2 Å². The number of nitrogens with zero attached hydrogens (tertiary/aromatic N) is 2. The molecule has 3 nitrogen and oxygen atoms in total. The summed E-state index contributed by atoms with van der Waals surface area (Å²) in [4.78, 5) is 11.5. The third kappa shape index (κ3) is 1.62. The summed E-state index contributed by atoms with van der Waals surface area (Å²) in [7, 11) is 0. The Morgan fingerprint density at radius 1 is 1.62 bits per heavy atom. The molecule has 0 aromatic carbocycles. The van der Waals surface area contributed by atoms with Gasteiger partial charge in [-0.1, -0.05) is 0 Å². The van der Waals surface area contributed by atoms with Crippen molar-refractivity contribution in [1.29, 1.82) is 5.26 Å². The first-order chi connectivity index (χ1) is 6.31. The van der Waals surface area contributed by atoms with Crippen LogP contribution >= 0.6 is 0 Å². The summed E-state index contributed by atoms with van der Waals surface area (Å²) >= 11 is 0. The van der Waals surface area contributed by atoms with Crippen molar-refractivity contribution in [3.63, 3.8) is 0 Å². The third-order valence-corrected chi connectivity index (χ3v) is 2.29. The monoisotopic (exact) mass is 174 g/mol. The smallest absolute Gasteiger partial charge is 0.268 e. The molecule has 1 aromatic rings. The maximum atomic E-state index is 11.5. The highest BCUT2D eigenvalue weighted by Gasteiger charge is 2.22. The minimum absolute atomic E-state index is 0.156. The van der Waals surface area contributed by atoms with E-state index in [0.29, 0.717) is 5.92 Å². The van der Waals surface area contributed by atoms with E-state index in [1.54, 1.807) is 22.9 Å². The summed E-state index contributed by atoms with van der Waals surface area (Å²) in [5.41, 5.74) is 0.0834. The molecule has 0 atom stereocenters. The van der Waals surface area contributed by atoms with Crippen LogP contribution in [0.1, 0.15) is 18.4 Å². The van der Waals surface area contributed by atoms with Crippen molar-refractivity contribution in [2.75, 3.05) is 0 Å². The van der Waals surface area contributed by atoms with Crippen molar-refractivity contribution < 1.29 is 0 Å². The van der Waals surface area contributed by atoms with Gasteiger partial charge in [-0.3, -0.25) is 4.79 Å². The van der Waals surface area contributed by atoms with Crippen LogP contribution < -0.4 is 5.56 Å². The van der Waals surface area contributed by atoms with Crippen LogP contribution in [0, 0.1) is 17.2 Å². The van der Waals surface area contributed by atoms with E-state index in [4.69, 9.17) is 5.26 Å². The maximum Gasteiger partial charge on any atom is 0.268 e. The molecule has 66 valence electrons. The lowest BCUT2D eigenvalue weighted by Gasteiger charge is -2.02. The largest absolute Gasteiger partial charge is 0.314 e. The first-order valence-electron chi connectivity index (χ1n) is 4.41. The van der Waals surface area contributed by atoms with Gasteiger partial charge in [-0.2, -0.15) is 5.26 Å². The zero-order valence-corrected chi connectivity index (χ0v) is 7.23. The van der Waals surface area contributed by atoms with Gasteiger partial charge in [0.2, 0.25) is 0 Å². The Morgan fingerprint density at radius 3 is 3.00 bits per heavy atom. The second-order valence-electron chi connectivity index (χ2n) is 3.43. The van der Waals surface area contributed by atoms with Crippen LogP contribution in [0.3, 0.4) is 0 Å². The minimum atomic E-state index is -0.156. The molecule has 1 aromatic heterocycles. The summed E-state index contributed by atoms with van der Waals surface area (Å²) in [6.07, 6.45) is 4.17. The molecule has 0 spiro atoms. The fourth-order valence-electron chi connectivity index (χ4n) is 1.34. The highest BCUT2D eigenvalue weighted by molar-refractivity contribution is 5.24. The minimum Gasteiger partial charge on any atom is -0.314 e. The Balaban J connectivity index is 2.34. The van der Waals surface area contributed by atoms with Gasteiger partial charge >= 0.3 is 0 Å². The molecule has 0 N–H and O–H groups in total. The average Bonchev–Trinajstić information content (AvgIpc) is 2.92. The predicted molar refractivity (Wildman–Crippen MR) is 48.1 cm³/mol. The van der Waals surface area contributed by atoms with Gasteiger partial charge in [0.15, 0.2) is 0 Å². The van der Waals surface area contributed by atoms with Gasteiger partial charge in [-0.05, 0) is 30.9 Å². The standard InChI is InChI=1S/C10H10N2O/c11-6-9-2-1-5-12(10(9)13)7-8-3-4-8/h1-2,5,8H,3-4,7H2. The van der Waals surface area contributed by atoms with E-state index in [2.05, 4.69) is 0 Å². The first kappa shape index (κ1) is 8.06. The van der Waals surface area contributed by atoms with Gasteiger partial charge in [0.05, 0.1) is 0 Å². The average molecular weight is 174 g/mol. The van der Waals surface area contributed by atoms with Crippen LogP contribution in [0.25, 0.3) is 0 Å². The van der Waals surface area contributed by atoms with Crippen molar-refractivity contribution >= 4 is 0 Å². The second-order valence-corrected chi connectivity index (χ2v) is 3.43. The van der Waals surface area contributed by atoms with Crippen molar-refractivity contribution in [3.05, 3.63) is 34.2 Å². The van der Waals surface area contributed by atoms with E-state index in [-0.39, 0.29) is 11.1 Å². The number of rotatable bonds is 2. The lowest BCUT2D eigenvalue weighted by atomic mass is 10.3. The molecule has 1 heterocycles. The van der Waals surface area contributed by atoms with Gasteiger partial charge in [-0.15, -0.1) is 0 Å². The van der Waals surface area contributed by atoms with Crippen molar-refractivity contribution in [2.24, 2.45) is 5.92 Å². The second kappa shape index (κ2) is 3.06. The van der Waals surface area contributed by atoms with Crippen LogP contribution in [0.15, 0.2) is 23.1 Å². The van der Waals surface area contributed by atoms with Crippen LogP contribution in [0.2, 0.25) is 0 Å². The molecule has 1 saturated carbocycles. The van der Waals surface area contributed by atoms with E-state index in [1.807, 2.05) is 6.07 Å². The summed E-state index contributed by atoms with van der Waals surface area (Å²) in [6.45, 7) is 0.772. The molecule has 0 amide bonds. The fourth-order valence-corrected chi connectivity index (χ4v) is 1.34. The molecule has 0 bridgehead atoms. The summed E-state index contributed by atoms with van der Waals surface area (Å²) in [5.74, 6) is 0.659. The van der Waals surface area contributed by atoms with Crippen LogP contribution in [-0.4, -0.2) is 4.57 Å². The SMILES string of the molecule is N#Cc1cccn(CC2CC2)c1=O. The Hall–Kier alpha value is -1.56. The molecule has 1 aliphatic carbocycles. The highest BCUT2D eigenvalue weighted by Crippen LogP contribution is 2.29. The lowest BCUT2D eigenvalue weighted by molar-refractivity contribution is 0.605. The molecular weight excluding hydrogens is 164 g/mol. The summed E-state index contributed by atoms with van der Waals surface area (Å²) < 4.78 is 1.64. The lowest BCUT2D eigenvalue weighted by Crippen LogP contribution is -2.22. The normalized spacial score (nSPS) is 15.3. The Kier molecular flexibility index (Phi) is 1.90. The van der Waals surface area contributed by atoms with Crippen LogP contribution in [-0.2, 0) is 6.54 Å². The van der Waals surface area contributed by atoms with Crippen molar-refractivity contribution in [1.82, 2.24) is 4.57 Å². The molecule has 13 heavy (non-hydrogen) atoms. The number of hydrogen-bond acceptors (Lipinski definition) is 2. The molecule has 2 rings (SSSR count). The van der Waals surface area contributed by atoms with Gasteiger partial charge < -0.3 is 4.57 Å².